The standard InChI is InChI=1S/C23H23ClN2O6/c1-22(2,3)32-21(31)25-17-5-4-6-18-16(17)11-12-26(18)23(20(29)30,13-19(27)28)14-7-9-15(24)10-8-14/h4-12H,13H2,1-3H3,(H,25,31)(H,27,28)(H,29,30). The first-order valence-corrected chi connectivity index (χ1v) is 10.1. The number of carbonyl (C=O) groups is 3. The quantitative estimate of drug-likeness (QED) is 0.481. The maximum atomic E-state index is 12.6. The Hall–Kier alpha value is -3.52. The number of carboxylic acid groups (broad SMARTS) is 2. The first-order valence-electron chi connectivity index (χ1n) is 9.76. The topological polar surface area (TPSA) is 118 Å². The number of halogens is 1. The number of carbonyl (C=O) groups excluding carboxylic acids is 1. The summed E-state index contributed by atoms with van der Waals surface area (Å²) < 4.78 is 6.69. The Balaban J connectivity index is 2.18. The molecule has 0 aliphatic rings. The van der Waals surface area contributed by atoms with Gasteiger partial charge in [0.1, 0.15) is 5.60 Å². The lowest BCUT2D eigenvalue weighted by Gasteiger charge is -2.31. The van der Waals surface area contributed by atoms with Crippen molar-refractivity contribution in [3.63, 3.8) is 0 Å². The summed E-state index contributed by atoms with van der Waals surface area (Å²) in [4.78, 5) is 36.6. The van der Waals surface area contributed by atoms with Gasteiger partial charge in [-0.2, -0.15) is 0 Å². The summed E-state index contributed by atoms with van der Waals surface area (Å²) in [5.74, 6) is -2.63. The monoisotopic (exact) mass is 458 g/mol. The molecule has 0 fully saturated rings. The van der Waals surface area contributed by atoms with E-state index in [2.05, 4.69) is 5.32 Å². The maximum Gasteiger partial charge on any atom is 0.412 e. The molecule has 0 saturated heterocycles. The number of aliphatic carboxylic acids is 2. The van der Waals surface area contributed by atoms with Crippen molar-refractivity contribution in [2.45, 2.75) is 38.3 Å². The van der Waals surface area contributed by atoms with Crippen LogP contribution in [0.15, 0.2) is 54.7 Å². The molecular weight excluding hydrogens is 436 g/mol. The number of ether oxygens (including phenoxy) is 1. The van der Waals surface area contributed by atoms with Crippen LogP contribution in [0.3, 0.4) is 0 Å². The van der Waals surface area contributed by atoms with Gasteiger partial charge in [-0.25, -0.2) is 9.59 Å². The SMILES string of the molecule is CC(C)(C)OC(=O)Nc1cccc2c1ccn2C(CC(=O)O)(C(=O)O)c1ccc(Cl)cc1. The molecule has 3 rings (SSSR count). The highest BCUT2D eigenvalue weighted by molar-refractivity contribution is 6.30. The average Bonchev–Trinajstić information content (AvgIpc) is 3.10. The highest BCUT2D eigenvalue weighted by atomic mass is 35.5. The number of aromatic nitrogens is 1. The van der Waals surface area contributed by atoms with Crippen LogP contribution in [-0.4, -0.2) is 38.4 Å². The first-order chi connectivity index (χ1) is 14.9. The second-order valence-electron chi connectivity index (χ2n) is 8.29. The predicted molar refractivity (Wildman–Crippen MR) is 120 cm³/mol. The number of hydrogen-bond acceptors (Lipinski definition) is 4. The molecule has 0 bridgehead atoms. The molecule has 1 aromatic heterocycles. The van der Waals surface area contributed by atoms with Crippen LogP contribution < -0.4 is 5.32 Å². The molecule has 32 heavy (non-hydrogen) atoms. The number of carboxylic acids is 2. The molecule has 3 aromatic rings. The minimum absolute atomic E-state index is 0.250. The predicted octanol–water partition coefficient (Wildman–Crippen LogP) is 4.94. The van der Waals surface area contributed by atoms with Crippen molar-refractivity contribution in [1.29, 1.82) is 0 Å². The summed E-state index contributed by atoms with van der Waals surface area (Å²) in [7, 11) is 0. The van der Waals surface area contributed by atoms with E-state index in [4.69, 9.17) is 16.3 Å². The molecule has 1 unspecified atom stereocenters. The zero-order valence-corrected chi connectivity index (χ0v) is 18.5. The Kier molecular flexibility index (Phi) is 6.18. The fraction of sp³-hybridized carbons (Fsp3) is 0.261. The number of rotatable bonds is 6. The summed E-state index contributed by atoms with van der Waals surface area (Å²) in [6.45, 7) is 5.22. The van der Waals surface area contributed by atoms with Crippen LogP contribution in [-0.2, 0) is 19.9 Å². The van der Waals surface area contributed by atoms with Crippen LogP contribution in [0.2, 0.25) is 5.02 Å². The van der Waals surface area contributed by atoms with Crippen molar-refractivity contribution in [1.82, 2.24) is 4.57 Å². The van der Waals surface area contributed by atoms with Crippen LogP contribution in [0.25, 0.3) is 10.9 Å². The van der Waals surface area contributed by atoms with Gasteiger partial charge in [-0.15, -0.1) is 0 Å². The summed E-state index contributed by atoms with van der Waals surface area (Å²) in [6.07, 6.45) is 0.124. The van der Waals surface area contributed by atoms with Crippen molar-refractivity contribution in [3.8, 4) is 0 Å². The third-order valence-corrected chi connectivity index (χ3v) is 5.11. The summed E-state index contributed by atoms with van der Waals surface area (Å²) in [5.41, 5.74) is -1.56. The first kappa shape index (κ1) is 23.1. The molecule has 0 spiro atoms. The van der Waals surface area contributed by atoms with Crippen LogP contribution >= 0.6 is 11.6 Å². The van der Waals surface area contributed by atoms with E-state index >= 15 is 0 Å². The number of nitrogens with zero attached hydrogens (tertiary/aromatic N) is 1. The molecule has 168 valence electrons. The molecule has 0 aliphatic carbocycles. The van der Waals surface area contributed by atoms with Gasteiger partial charge in [0.15, 0.2) is 5.54 Å². The number of benzene rings is 2. The molecule has 0 aliphatic heterocycles. The molecular formula is C23H23ClN2O6. The van der Waals surface area contributed by atoms with E-state index in [9.17, 15) is 24.6 Å². The third kappa shape index (κ3) is 4.55. The molecule has 3 N–H and O–H groups in total. The Morgan fingerprint density at radius 3 is 2.25 bits per heavy atom. The van der Waals surface area contributed by atoms with Gasteiger partial charge < -0.3 is 19.5 Å². The van der Waals surface area contributed by atoms with Gasteiger partial charge in [-0.3, -0.25) is 10.1 Å². The molecule has 9 heteroatoms. The number of nitrogens with one attached hydrogen (secondary N) is 1. The smallest absolute Gasteiger partial charge is 0.412 e. The van der Waals surface area contributed by atoms with E-state index in [-0.39, 0.29) is 5.56 Å². The molecule has 0 saturated carbocycles. The minimum atomic E-state index is -1.94. The van der Waals surface area contributed by atoms with Gasteiger partial charge in [-0.05, 0) is 56.7 Å². The van der Waals surface area contributed by atoms with E-state index < -0.39 is 35.6 Å². The van der Waals surface area contributed by atoms with Gasteiger partial charge in [0.05, 0.1) is 17.6 Å². The zero-order chi connectivity index (χ0) is 23.7. The molecule has 0 radical (unpaired) electrons. The van der Waals surface area contributed by atoms with Crippen molar-refractivity contribution < 1.29 is 29.3 Å². The average molecular weight is 459 g/mol. The van der Waals surface area contributed by atoms with E-state index in [0.29, 0.717) is 21.6 Å². The largest absolute Gasteiger partial charge is 0.481 e. The normalized spacial score (nSPS) is 13.4. The van der Waals surface area contributed by atoms with E-state index in [1.54, 1.807) is 45.0 Å². The van der Waals surface area contributed by atoms with E-state index in [1.807, 2.05) is 0 Å². The summed E-state index contributed by atoms with van der Waals surface area (Å²) >= 11 is 5.96. The van der Waals surface area contributed by atoms with Gasteiger partial charge in [0, 0.05) is 16.6 Å². The van der Waals surface area contributed by atoms with Gasteiger partial charge in [-0.1, -0.05) is 29.8 Å². The maximum absolute atomic E-state index is 12.6. The van der Waals surface area contributed by atoms with Crippen molar-refractivity contribution in [2.75, 3.05) is 5.32 Å². The Labute approximate surface area is 189 Å². The van der Waals surface area contributed by atoms with Crippen LogP contribution in [0, 0.1) is 0 Å². The van der Waals surface area contributed by atoms with Gasteiger partial charge in [0.25, 0.3) is 0 Å². The number of fused-ring (bicyclic) bond motifs is 1. The fourth-order valence-electron chi connectivity index (χ4n) is 3.60. The highest BCUT2D eigenvalue weighted by Gasteiger charge is 2.45. The zero-order valence-electron chi connectivity index (χ0n) is 17.8. The van der Waals surface area contributed by atoms with E-state index in [0.717, 1.165) is 0 Å². The third-order valence-electron chi connectivity index (χ3n) is 4.86. The lowest BCUT2D eigenvalue weighted by atomic mass is 9.86. The van der Waals surface area contributed by atoms with Crippen LogP contribution in [0.1, 0.15) is 32.8 Å². The molecule has 8 nitrogen and oxygen atoms in total. The molecule has 1 atom stereocenters. The minimum Gasteiger partial charge on any atom is -0.481 e. The van der Waals surface area contributed by atoms with Gasteiger partial charge in [0.2, 0.25) is 0 Å². The number of amides is 1. The fourth-order valence-corrected chi connectivity index (χ4v) is 3.72. The number of anilines is 1. The molecule has 1 heterocycles. The Morgan fingerprint density at radius 2 is 1.69 bits per heavy atom. The Bertz CT molecular complexity index is 1180. The number of hydrogen-bond donors (Lipinski definition) is 3. The molecule has 1 amide bonds. The van der Waals surface area contributed by atoms with E-state index in [1.165, 1.54) is 35.0 Å². The molecule has 2 aromatic carbocycles. The van der Waals surface area contributed by atoms with Crippen molar-refractivity contribution in [2.24, 2.45) is 0 Å². The van der Waals surface area contributed by atoms with Crippen molar-refractivity contribution >= 4 is 46.2 Å². The highest BCUT2D eigenvalue weighted by Crippen LogP contribution is 2.37. The second-order valence-corrected chi connectivity index (χ2v) is 8.73. The van der Waals surface area contributed by atoms with Crippen molar-refractivity contribution in [3.05, 3.63) is 65.3 Å². The lowest BCUT2D eigenvalue weighted by molar-refractivity contribution is -0.151. The summed E-state index contributed by atoms with van der Waals surface area (Å²) in [5, 5.41) is 23.4. The second kappa shape index (κ2) is 8.55. The lowest BCUT2D eigenvalue weighted by Crippen LogP contribution is -2.44. The summed E-state index contributed by atoms with van der Waals surface area (Å²) in [6, 6.07) is 12.6. The van der Waals surface area contributed by atoms with Gasteiger partial charge >= 0.3 is 18.0 Å². The Morgan fingerprint density at radius 1 is 1.03 bits per heavy atom. The van der Waals surface area contributed by atoms with Crippen LogP contribution in [0.5, 0.6) is 0 Å². The van der Waals surface area contributed by atoms with Crippen LogP contribution in [0.4, 0.5) is 10.5 Å².